The summed E-state index contributed by atoms with van der Waals surface area (Å²) in [7, 11) is 0. The van der Waals surface area contributed by atoms with Crippen LogP contribution in [0.2, 0.25) is 0 Å². The number of carbonyl (C=O) groups is 2. The summed E-state index contributed by atoms with van der Waals surface area (Å²) < 4.78 is 0. The molecule has 0 unspecified atom stereocenters. The van der Waals surface area contributed by atoms with Crippen molar-refractivity contribution in [1.82, 2.24) is 10.3 Å². The molecule has 0 radical (unpaired) electrons. The Balaban J connectivity index is 1.24. The van der Waals surface area contributed by atoms with E-state index < -0.39 is 5.54 Å². The van der Waals surface area contributed by atoms with Crippen LogP contribution in [0.25, 0.3) is 22.3 Å². The van der Waals surface area contributed by atoms with Gasteiger partial charge in [0.15, 0.2) is 0 Å². The molecule has 2 aliphatic rings. The molecule has 1 aromatic carbocycles. The van der Waals surface area contributed by atoms with Crippen LogP contribution in [-0.4, -0.2) is 22.8 Å². The molecule has 2 aromatic heterocycles. The molecular formula is C30H36N4O2S. The molecule has 37 heavy (non-hydrogen) atoms. The monoisotopic (exact) mass is 516 g/mol. The van der Waals surface area contributed by atoms with Crippen molar-refractivity contribution in [2.24, 2.45) is 17.6 Å². The van der Waals surface area contributed by atoms with E-state index in [1.165, 1.54) is 0 Å². The lowest BCUT2D eigenvalue weighted by molar-refractivity contribution is -0.123. The van der Waals surface area contributed by atoms with Gasteiger partial charge in [0, 0.05) is 35.7 Å². The van der Waals surface area contributed by atoms with E-state index >= 15 is 0 Å². The number of amides is 2. The summed E-state index contributed by atoms with van der Waals surface area (Å²) in [6.45, 7) is 3.99. The van der Waals surface area contributed by atoms with Crippen LogP contribution >= 0.6 is 11.3 Å². The molecule has 2 aliphatic carbocycles. The Morgan fingerprint density at radius 1 is 1.00 bits per heavy atom. The van der Waals surface area contributed by atoms with E-state index in [4.69, 9.17) is 5.73 Å². The van der Waals surface area contributed by atoms with Gasteiger partial charge in [-0.3, -0.25) is 9.59 Å². The van der Waals surface area contributed by atoms with Crippen molar-refractivity contribution in [3.8, 4) is 22.3 Å². The molecule has 2 saturated carbocycles. The fraction of sp³-hybridized carbons (Fsp3) is 0.433. The quantitative estimate of drug-likeness (QED) is 0.338. The van der Waals surface area contributed by atoms with Gasteiger partial charge in [0.2, 0.25) is 11.8 Å². The molecule has 0 atom stereocenters. The first-order chi connectivity index (χ1) is 17.8. The van der Waals surface area contributed by atoms with Crippen LogP contribution in [0.3, 0.4) is 0 Å². The maximum Gasteiger partial charge on any atom is 0.225 e. The molecule has 3 aromatic rings. The first-order valence-electron chi connectivity index (χ1n) is 13.3. The molecular weight excluding hydrogens is 480 g/mol. The smallest absolute Gasteiger partial charge is 0.225 e. The Morgan fingerprint density at radius 2 is 1.73 bits per heavy atom. The Kier molecular flexibility index (Phi) is 7.45. The van der Waals surface area contributed by atoms with Gasteiger partial charge >= 0.3 is 0 Å². The highest BCUT2D eigenvalue weighted by Crippen LogP contribution is 2.36. The summed E-state index contributed by atoms with van der Waals surface area (Å²) in [5, 5.41) is 10.4. The standard InChI is InChI=1S/C30H36N4O2S/c1-30(2,31)23-9-7-20(8-10-23)26-17-32-27(16-25(26)22-13-14-37-18-22)34-28(35)15-19-3-11-24(12-4-19)33-29(36)21-5-6-21/h7-10,13-14,16-19,21,24H,3-6,11-12,15,31H2,1-2H3,(H,33,36)(H,32,34,35). The lowest BCUT2D eigenvalue weighted by Gasteiger charge is -2.28. The van der Waals surface area contributed by atoms with Crippen LogP contribution in [-0.2, 0) is 15.1 Å². The van der Waals surface area contributed by atoms with Crippen molar-refractivity contribution in [3.05, 3.63) is 58.9 Å². The van der Waals surface area contributed by atoms with Crippen molar-refractivity contribution in [1.29, 1.82) is 0 Å². The SMILES string of the molecule is CC(C)(N)c1ccc(-c2cnc(NC(=O)CC3CCC(NC(=O)C4CC4)CC3)cc2-c2ccsc2)cc1. The van der Waals surface area contributed by atoms with Crippen molar-refractivity contribution in [3.63, 3.8) is 0 Å². The molecule has 2 amide bonds. The topological polar surface area (TPSA) is 97.1 Å². The summed E-state index contributed by atoms with van der Waals surface area (Å²) in [5.41, 5.74) is 11.2. The fourth-order valence-electron chi connectivity index (χ4n) is 5.12. The summed E-state index contributed by atoms with van der Waals surface area (Å²) in [5.74, 6) is 1.38. The van der Waals surface area contributed by atoms with Crippen LogP contribution in [0, 0.1) is 11.8 Å². The molecule has 0 spiro atoms. The van der Waals surface area contributed by atoms with Gasteiger partial charge in [-0.15, -0.1) is 0 Å². The minimum absolute atomic E-state index is 0.00323. The molecule has 0 bridgehead atoms. The number of nitrogens with one attached hydrogen (secondary N) is 2. The summed E-state index contributed by atoms with van der Waals surface area (Å²) in [6.07, 6.45) is 8.22. The maximum absolute atomic E-state index is 12.9. The van der Waals surface area contributed by atoms with Crippen molar-refractivity contribution in [2.45, 2.75) is 70.4 Å². The average molecular weight is 517 g/mol. The van der Waals surface area contributed by atoms with Crippen molar-refractivity contribution in [2.75, 3.05) is 5.32 Å². The number of hydrogen-bond donors (Lipinski definition) is 3. The molecule has 5 rings (SSSR count). The zero-order valence-corrected chi connectivity index (χ0v) is 22.4. The maximum atomic E-state index is 12.9. The Bertz CT molecular complexity index is 1240. The third kappa shape index (κ3) is 6.46. The van der Waals surface area contributed by atoms with Crippen LogP contribution in [0.5, 0.6) is 0 Å². The number of carbonyl (C=O) groups excluding carboxylic acids is 2. The number of thiophene rings is 1. The molecule has 0 saturated heterocycles. The van der Waals surface area contributed by atoms with E-state index in [1.807, 2.05) is 26.1 Å². The number of rotatable bonds is 8. The van der Waals surface area contributed by atoms with Crippen LogP contribution in [0.4, 0.5) is 5.82 Å². The number of anilines is 1. The van der Waals surface area contributed by atoms with Gasteiger partial charge in [0.25, 0.3) is 0 Å². The lowest BCUT2D eigenvalue weighted by Crippen LogP contribution is -2.38. The Morgan fingerprint density at radius 3 is 2.35 bits per heavy atom. The Labute approximate surface area is 223 Å². The molecule has 4 N–H and O–H groups in total. The van der Waals surface area contributed by atoms with Crippen LogP contribution < -0.4 is 16.4 Å². The van der Waals surface area contributed by atoms with Gasteiger partial charge in [-0.05, 0) is 103 Å². The number of pyridine rings is 1. The van der Waals surface area contributed by atoms with E-state index in [1.54, 1.807) is 11.3 Å². The molecule has 6 nitrogen and oxygen atoms in total. The van der Waals surface area contributed by atoms with E-state index in [9.17, 15) is 9.59 Å². The van der Waals surface area contributed by atoms with Crippen LogP contribution in [0.15, 0.2) is 53.4 Å². The minimum Gasteiger partial charge on any atom is -0.353 e. The van der Waals surface area contributed by atoms with Gasteiger partial charge < -0.3 is 16.4 Å². The highest BCUT2D eigenvalue weighted by molar-refractivity contribution is 7.08. The van der Waals surface area contributed by atoms with Crippen LogP contribution in [0.1, 0.15) is 64.4 Å². The van der Waals surface area contributed by atoms with E-state index in [-0.39, 0.29) is 23.8 Å². The second-order valence-electron chi connectivity index (χ2n) is 11.2. The van der Waals surface area contributed by atoms with E-state index in [0.29, 0.717) is 18.2 Å². The normalized spacial score (nSPS) is 19.9. The first kappa shape index (κ1) is 25.6. The van der Waals surface area contributed by atoms with Crippen molar-refractivity contribution >= 4 is 29.0 Å². The second kappa shape index (κ2) is 10.8. The van der Waals surface area contributed by atoms with Gasteiger partial charge in [0.1, 0.15) is 5.82 Å². The molecule has 2 fully saturated rings. The van der Waals surface area contributed by atoms with Gasteiger partial charge in [0.05, 0.1) is 0 Å². The number of aromatic nitrogens is 1. The second-order valence-corrected chi connectivity index (χ2v) is 12.0. The highest BCUT2D eigenvalue weighted by Gasteiger charge is 2.32. The third-order valence-corrected chi connectivity index (χ3v) is 8.24. The zero-order valence-electron chi connectivity index (χ0n) is 21.6. The number of hydrogen-bond acceptors (Lipinski definition) is 5. The van der Waals surface area contributed by atoms with Gasteiger partial charge in [-0.1, -0.05) is 24.3 Å². The molecule has 194 valence electrons. The fourth-order valence-corrected chi connectivity index (χ4v) is 5.78. The summed E-state index contributed by atoms with van der Waals surface area (Å²) in [4.78, 5) is 29.5. The van der Waals surface area contributed by atoms with E-state index in [2.05, 4.69) is 56.7 Å². The Hall–Kier alpha value is -3.03. The number of benzene rings is 1. The average Bonchev–Trinajstić information content (AvgIpc) is 3.59. The predicted molar refractivity (Wildman–Crippen MR) is 150 cm³/mol. The summed E-state index contributed by atoms with van der Waals surface area (Å²) in [6, 6.07) is 12.6. The van der Waals surface area contributed by atoms with Crippen molar-refractivity contribution < 1.29 is 9.59 Å². The number of nitrogens with zero attached hydrogens (tertiary/aromatic N) is 1. The van der Waals surface area contributed by atoms with Gasteiger partial charge in [-0.25, -0.2) is 4.98 Å². The van der Waals surface area contributed by atoms with E-state index in [0.717, 1.165) is 66.3 Å². The molecule has 7 heteroatoms. The lowest BCUT2D eigenvalue weighted by atomic mass is 9.84. The first-order valence-corrected chi connectivity index (χ1v) is 14.2. The number of nitrogens with two attached hydrogens (primary N) is 1. The zero-order chi connectivity index (χ0) is 26.0. The summed E-state index contributed by atoms with van der Waals surface area (Å²) >= 11 is 1.65. The van der Waals surface area contributed by atoms with Gasteiger partial charge in [-0.2, -0.15) is 11.3 Å². The third-order valence-electron chi connectivity index (χ3n) is 7.56. The molecule has 0 aliphatic heterocycles. The molecule has 2 heterocycles. The predicted octanol–water partition coefficient (Wildman–Crippen LogP) is 6.08. The minimum atomic E-state index is -0.398. The largest absolute Gasteiger partial charge is 0.353 e. The highest BCUT2D eigenvalue weighted by atomic mass is 32.1.